The van der Waals surface area contributed by atoms with Crippen molar-refractivity contribution in [1.82, 2.24) is 0 Å². The number of benzene rings is 1. The van der Waals surface area contributed by atoms with Gasteiger partial charge in [-0.1, -0.05) is 12.8 Å². The first-order valence-corrected chi connectivity index (χ1v) is 7.52. The van der Waals surface area contributed by atoms with E-state index in [-0.39, 0.29) is 18.3 Å². The zero-order chi connectivity index (χ0) is 15.1. The van der Waals surface area contributed by atoms with Crippen LogP contribution in [0.3, 0.4) is 0 Å². The number of carbonyl (C=O) groups excluding carboxylic acids is 1. The third kappa shape index (κ3) is 5.10. The molecule has 0 aromatic heterocycles. The lowest BCUT2D eigenvalue weighted by Gasteiger charge is -2.30. The van der Waals surface area contributed by atoms with Gasteiger partial charge < -0.3 is 15.8 Å². The molecule has 0 radical (unpaired) electrons. The van der Waals surface area contributed by atoms with E-state index in [1.807, 2.05) is 0 Å². The molecule has 0 spiro atoms. The number of nitrogens with one attached hydrogen (secondary N) is 1. The molecule has 0 aliphatic heterocycles. The van der Waals surface area contributed by atoms with E-state index in [0.717, 1.165) is 12.8 Å². The Kier molecular flexibility index (Phi) is 6.14. The van der Waals surface area contributed by atoms with E-state index < -0.39 is 0 Å². The maximum atomic E-state index is 12.8. The van der Waals surface area contributed by atoms with E-state index >= 15 is 0 Å². The summed E-state index contributed by atoms with van der Waals surface area (Å²) >= 11 is 0. The van der Waals surface area contributed by atoms with Gasteiger partial charge in [-0.2, -0.15) is 0 Å². The van der Waals surface area contributed by atoms with Crippen molar-refractivity contribution < 1.29 is 13.9 Å². The first-order valence-electron chi connectivity index (χ1n) is 7.52. The lowest BCUT2D eigenvalue weighted by Crippen LogP contribution is -2.31. The molecular formula is C16H23FN2O2. The number of hydrogen-bond acceptors (Lipinski definition) is 3. The summed E-state index contributed by atoms with van der Waals surface area (Å²) in [5.41, 5.74) is 6.35. The van der Waals surface area contributed by atoms with Crippen LogP contribution in [0.2, 0.25) is 0 Å². The summed E-state index contributed by atoms with van der Waals surface area (Å²) in [5, 5.41) is 2.68. The van der Waals surface area contributed by atoms with Crippen LogP contribution in [0, 0.1) is 17.7 Å². The van der Waals surface area contributed by atoms with Gasteiger partial charge in [0.05, 0.1) is 6.61 Å². The second kappa shape index (κ2) is 8.10. The number of halogens is 1. The third-order valence-electron chi connectivity index (χ3n) is 4.06. The van der Waals surface area contributed by atoms with E-state index in [0.29, 0.717) is 30.7 Å². The Morgan fingerprint density at radius 1 is 1.24 bits per heavy atom. The normalized spacial score (nSPS) is 22.0. The zero-order valence-corrected chi connectivity index (χ0v) is 12.2. The van der Waals surface area contributed by atoms with Crippen LogP contribution in [-0.2, 0) is 9.53 Å². The van der Waals surface area contributed by atoms with Crippen molar-refractivity contribution >= 4 is 11.6 Å². The van der Waals surface area contributed by atoms with E-state index in [2.05, 4.69) is 5.32 Å². The minimum Gasteiger partial charge on any atom is -0.371 e. The van der Waals surface area contributed by atoms with Crippen molar-refractivity contribution in [2.75, 3.05) is 25.1 Å². The summed E-state index contributed by atoms with van der Waals surface area (Å²) in [6.07, 6.45) is 4.74. The Labute approximate surface area is 124 Å². The van der Waals surface area contributed by atoms with Crippen molar-refractivity contribution in [2.45, 2.75) is 25.7 Å². The molecule has 1 aliphatic carbocycles. The van der Waals surface area contributed by atoms with Crippen LogP contribution in [0.1, 0.15) is 25.7 Å². The van der Waals surface area contributed by atoms with Gasteiger partial charge in [-0.3, -0.25) is 4.79 Å². The molecule has 21 heavy (non-hydrogen) atoms. The van der Waals surface area contributed by atoms with Gasteiger partial charge in [0.25, 0.3) is 0 Å². The molecule has 5 heteroatoms. The highest BCUT2D eigenvalue weighted by molar-refractivity contribution is 5.91. The van der Waals surface area contributed by atoms with Crippen molar-refractivity contribution in [2.24, 2.45) is 17.6 Å². The number of carbonyl (C=O) groups is 1. The van der Waals surface area contributed by atoms with Crippen LogP contribution in [0.15, 0.2) is 24.3 Å². The predicted molar refractivity (Wildman–Crippen MR) is 80.4 cm³/mol. The summed E-state index contributed by atoms with van der Waals surface area (Å²) in [7, 11) is 0. The molecule has 2 unspecified atom stereocenters. The minimum absolute atomic E-state index is 0.0190. The summed E-state index contributed by atoms with van der Waals surface area (Å²) in [5.74, 6) is 0.428. The van der Waals surface area contributed by atoms with Crippen LogP contribution in [0.4, 0.5) is 10.1 Å². The Morgan fingerprint density at radius 3 is 2.57 bits per heavy atom. The lowest BCUT2D eigenvalue weighted by molar-refractivity contribution is -0.121. The smallest absolute Gasteiger partial charge is 0.250 e. The van der Waals surface area contributed by atoms with Gasteiger partial charge in [0.2, 0.25) is 5.91 Å². The highest BCUT2D eigenvalue weighted by atomic mass is 19.1. The van der Waals surface area contributed by atoms with Crippen molar-refractivity contribution in [3.05, 3.63) is 30.1 Å². The number of anilines is 1. The maximum absolute atomic E-state index is 12.8. The molecule has 0 heterocycles. The van der Waals surface area contributed by atoms with Crippen molar-refractivity contribution in [3.63, 3.8) is 0 Å². The number of ether oxygens (including phenoxy) is 1. The predicted octanol–water partition coefficient (Wildman–Crippen LogP) is 2.55. The lowest BCUT2D eigenvalue weighted by atomic mass is 9.80. The van der Waals surface area contributed by atoms with Gasteiger partial charge in [-0.05, 0) is 55.5 Å². The van der Waals surface area contributed by atoms with Gasteiger partial charge in [0.1, 0.15) is 12.4 Å². The molecule has 1 aromatic carbocycles. The first-order chi connectivity index (χ1) is 10.2. The first kappa shape index (κ1) is 15.9. The molecule has 1 saturated carbocycles. The topological polar surface area (TPSA) is 64.3 Å². The van der Waals surface area contributed by atoms with Gasteiger partial charge in [-0.15, -0.1) is 0 Å². The fourth-order valence-corrected chi connectivity index (χ4v) is 2.85. The average molecular weight is 294 g/mol. The third-order valence-corrected chi connectivity index (χ3v) is 4.06. The molecule has 4 nitrogen and oxygen atoms in total. The summed E-state index contributed by atoms with van der Waals surface area (Å²) < 4.78 is 18.3. The van der Waals surface area contributed by atoms with E-state index in [9.17, 15) is 9.18 Å². The summed E-state index contributed by atoms with van der Waals surface area (Å²) in [6.45, 7) is 1.29. The number of amides is 1. The van der Waals surface area contributed by atoms with Gasteiger partial charge in [0.15, 0.2) is 0 Å². The molecule has 1 aromatic rings. The SMILES string of the molecule is NCC1CCCCC1COCC(=O)Nc1ccc(F)cc1. The van der Waals surface area contributed by atoms with Crippen LogP contribution in [0.5, 0.6) is 0 Å². The zero-order valence-electron chi connectivity index (χ0n) is 12.2. The van der Waals surface area contributed by atoms with Crippen LogP contribution in [0.25, 0.3) is 0 Å². The number of hydrogen-bond donors (Lipinski definition) is 2. The molecule has 2 rings (SSSR count). The highest BCUT2D eigenvalue weighted by Crippen LogP contribution is 2.29. The largest absolute Gasteiger partial charge is 0.371 e. The summed E-state index contributed by atoms with van der Waals surface area (Å²) in [6, 6.07) is 5.67. The Balaban J connectivity index is 1.70. The molecule has 1 fully saturated rings. The molecule has 1 aliphatic rings. The molecule has 3 N–H and O–H groups in total. The van der Waals surface area contributed by atoms with E-state index in [4.69, 9.17) is 10.5 Å². The molecule has 1 amide bonds. The Morgan fingerprint density at radius 2 is 1.90 bits per heavy atom. The van der Waals surface area contributed by atoms with E-state index in [1.54, 1.807) is 0 Å². The molecular weight excluding hydrogens is 271 g/mol. The highest BCUT2D eigenvalue weighted by Gasteiger charge is 2.24. The molecule has 2 atom stereocenters. The van der Waals surface area contributed by atoms with Crippen molar-refractivity contribution in [1.29, 1.82) is 0 Å². The fourth-order valence-electron chi connectivity index (χ4n) is 2.85. The monoisotopic (exact) mass is 294 g/mol. The minimum atomic E-state index is -0.325. The molecule has 0 bridgehead atoms. The maximum Gasteiger partial charge on any atom is 0.250 e. The Hall–Kier alpha value is -1.46. The van der Waals surface area contributed by atoms with Crippen LogP contribution >= 0.6 is 0 Å². The van der Waals surface area contributed by atoms with E-state index in [1.165, 1.54) is 37.1 Å². The van der Waals surface area contributed by atoms with Gasteiger partial charge in [-0.25, -0.2) is 4.39 Å². The molecule has 116 valence electrons. The molecule has 0 saturated heterocycles. The van der Waals surface area contributed by atoms with Crippen LogP contribution < -0.4 is 11.1 Å². The summed E-state index contributed by atoms with van der Waals surface area (Å²) in [4.78, 5) is 11.7. The van der Waals surface area contributed by atoms with Gasteiger partial charge >= 0.3 is 0 Å². The second-order valence-electron chi connectivity index (χ2n) is 5.61. The Bertz CT molecular complexity index is 450. The standard InChI is InChI=1S/C16H23FN2O2/c17-14-5-7-15(8-6-14)19-16(20)11-21-10-13-4-2-1-3-12(13)9-18/h5-8,12-13H,1-4,9-11,18H2,(H,19,20). The van der Waals surface area contributed by atoms with Gasteiger partial charge in [0, 0.05) is 5.69 Å². The van der Waals surface area contributed by atoms with Crippen LogP contribution in [-0.4, -0.2) is 25.7 Å². The number of nitrogens with two attached hydrogens (primary N) is 1. The number of rotatable bonds is 6. The second-order valence-corrected chi connectivity index (χ2v) is 5.61. The average Bonchev–Trinajstić information content (AvgIpc) is 2.50. The van der Waals surface area contributed by atoms with Crippen molar-refractivity contribution in [3.8, 4) is 0 Å². The fraction of sp³-hybridized carbons (Fsp3) is 0.562. The quantitative estimate of drug-likeness (QED) is 0.847.